The summed E-state index contributed by atoms with van der Waals surface area (Å²) in [6.07, 6.45) is 0. The van der Waals surface area contributed by atoms with Gasteiger partial charge in [-0.2, -0.15) is 4.98 Å². The predicted octanol–water partition coefficient (Wildman–Crippen LogP) is 2.31. The first kappa shape index (κ1) is 12.6. The maximum atomic E-state index is 13.0. The SMILES string of the molecule is CCSc1n[nH]c(NC(=O)c2cccc(F)c2)n1. The Morgan fingerprint density at radius 1 is 1.56 bits per heavy atom. The molecule has 1 aromatic carbocycles. The first-order chi connectivity index (χ1) is 8.69. The molecule has 2 aromatic rings. The van der Waals surface area contributed by atoms with Crippen LogP contribution in [0.15, 0.2) is 29.4 Å². The number of thioether (sulfide) groups is 1. The van der Waals surface area contributed by atoms with Crippen molar-refractivity contribution in [1.29, 1.82) is 0 Å². The van der Waals surface area contributed by atoms with Crippen molar-refractivity contribution in [2.45, 2.75) is 12.1 Å². The molecule has 0 unspecified atom stereocenters. The van der Waals surface area contributed by atoms with Gasteiger partial charge >= 0.3 is 0 Å². The molecule has 0 aliphatic heterocycles. The second kappa shape index (κ2) is 5.63. The largest absolute Gasteiger partial charge is 0.291 e. The van der Waals surface area contributed by atoms with Crippen LogP contribution in [0.1, 0.15) is 17.3 Å². The zero-order valence-corrected chi connectivity index (χ0v) is 10.4. The van der Waals surface area contributed by atoms with Gasteiger partial charge in [0.1, 0.15) is 5.82 Å². The molecule has 94 valence electrons. The maximum Gasteiger partial charge on any atom is 0.258 e. The summed E-state index contributed by atoms with van der Waals surface area (Å²) >= 11 is 1.46. The Labute approximate surface area is 107 Å². The lowest BCUT2D eigenvalue weighted by molar-refractivity contribution is 0.102. The highest BCUT2D eigenvalue weighted by molar-refractivity contribution is 7.99. The van der Waals surface area contributed by atoms with E-state index in [0.717, 1.165) is 11.8 Å². The lowest BCUT2D eigenvalue weighted by Gasteiger charge is -2.00. The minimum atomic E-state index is -0.456. The van der Waals surface area contributed by atoms with Crippen LogP contribution in [-0.4, -0.2) is 26.8 Å². The minimum Gasteiger partial charge on any atom is -0.291 e. The highest BCUT2D eigenvalue weighted by Gasteiger charge is 2.09. The monoisotopic (exact) mass is 266 g/mol. The second-order valence-electron chi connectivity index (χ2n) is 3.36. The van der Waals surface area contributed by atoms with E-state index >= 15 is 0 Å². The number of aromatic nitrogens is 3. The van der Waals surface area contributed by atoms with Crippen LogP contribution in [0.4, 0.5) is 10.3 Å². The van der Waals surface area contributed by atoms with E-state index in [1.54, 1.807) is 0 Å². The first-order valence-electron chi connectivity index (χ1n) is 5.31. The fourth-order valence-electron chi connectivity index (χ4n) is 1.31. The van der Waals surface area contributed by atoms with Crippen LogP contribution in [-0.2, 0) is 0 Å². The molecule has 0 spiro atoms. The van der Waals surface area contributed by atoms with Gasteiger partial charge in [0.15, 0.2) is 0 Å². The number of hydrogen-bond acceptors (Lipinski definition) is 4. The Kier molecular flexibility index (Phi) is 3.93. The van der Waals surface area contributed by atoms with E-state index in [1.165, 1.54) is 30.0 Å². The van der Waals surface area contributed by atoms with Crippen molar-refractivity contribution in [3.63, 3.8) is 0 Å². The topological polar surface area (TPSA) is 70.7 Å². The summed E-state index contributed by atoms with van der Waals surface area (Å²) in [5, 5.41) is 9.58. The quantitative estimate of drug-likeness (QED) is 0.833. The van der Waals surface area contributed by atoms with Gasteiger partial charge in [0, 0.05) is 5.56 Å². The number of H-pyrrole nitrogens is 1. The van der Waals surface area contributed by atoms with Crippen molar-refractivity contribution in [1.82, 2.24) is 15.2 Å². The van der Waals surface area contributed by atoms with Crippen LogP contribution in [0, 0.1) is 5.82 Å². The average Bonchev–Trinajstić information content (AvgIpc) is 2.77. The predicted molar refractivity (Wildman–Crippen MR) is 67.1 cm³/mol. The Morgan fingerprint density at radius 3 is 3.11 bits per heavy atom. The summed E-state index contributed by atoms with van der Waals surface area (Å²) < 4.78 is 13.0. The van der Waals surface area contributed by atoms with E-state index in [1.807, 2.05) is 6.92 Å². The Balaban J connectivity index is 2.06. The van der Waals surface area contributed by atoms with Crippen LogP contribution >= 0.6 is 11.8 Å². The molecule has 1 amide bonds. The van der Waals surface area contributed by atoms with Gasteiger partial charge in [0.2, 0.25) is 11.1 Å². The molecule has 0 atom stereocenters. The normalized spacial score (nSPS) is 10.3. The molecule has 0 aliphatic rings. The van der Waals surface area contributed by atoms with E-state index in [4.69, 9.17) is 0 Å². The Bertz CT molecular complexity index is 557. The smallest absolute Gasteiger partial charge is 0.258 e. The summed E-state index contributed by atoms with van der Waals surface area (Å²) in [5.41, 5.74) is 0.232. The second-order valence-corrected chi connectivity index (χ2v) is 4.60. The van der Waals surface area contributed by atoms with Gasteiger partial charge in [-0.25, -0.2) is 9.49 Å². The molecule has 0 bridgehead atoms. The molecule has 5 nitrogen and oxygen atoms in total. The number of anilines is 1. The number of nitrogens with zero attached hydrogens (tertiary/aromatic N) is 2. The summed E-state index contributed by atoms with van der Waals surface area (Å²) in [6, 6.07) is 5.44. The maximum absolute atomic E-state index is 13.0. The lowest BCUT2D eigenvalue weighted by atomic mass is 10.2. The number of aromatic amines is 1. The van der Waals surface area contributed by atoms with E-state index in [9.17, 15) is 9.18 Å². The molecule has 1 aromatic heterocycles. The molecule has 2 N–H and O–H groups in total. The molecule has 7 heteroatoms. The van der Waals surface area contributed by atoms with Gasteiger partial charge < -0.3 is 0 Å². The standard InChI is InChI=1S/C11H11FN4OS/c1-2-18-11-14-10(15-16-11)13-9(17)7-4-3-5-8(12)6-7/h3-6H,2H2,1H3,(H2,13,14,15,16,17). The van der Waals surface area contributed by atoms with Crippen LogP contribution in [0.25, 0.3) is 0 Å². The van der Waals surface area contributed by atoms with Crippen molar-refractivity contribution in [2.24, 2.45) is 0 Å². The highest BCUT2D eigenvalue weighted by atomic mass is 32.2. The summed E-state index contributed by atoms with van der Waals surface area (Å²) in [5.74, 6) is 0.205. The number of halogens is 1. The number of rotatable bonds is 4. The van der Waals surface area contributed by atoms with E-state index in [2.05, 4.69) is 20.5 Å². The third-order valence-electron chi connectivity index (χ3n) is 2.06. The zero-order chi connectivity index (χ0) is 13.0. The van der Waals surface area contributed by atoms with Gasteiger partial charge in [-0.15, -0.1) is 5.10 Å². The number of carbonyl (C=O) groups excluding carboxylic acids is 1. The van der Waals surface area contributed by atoms with Gasteiger partial charge in [-0.3, -0.25) is 10.1 Å². The van der Waals surface area contributed by atoms with Crippen molar-refractivity contribution < 1.29 is 9.18 Å². The van der Waals surface area contributed by atoms with Gasteiger partial charge in [-0.1, -0.05) is 24.8 Å². The molecule has 0 radical (unpaired) electrons. The number of benzene rings is 1. The van der Waals surface area contributed by atoms with Crippen LogP contribution in [0.5, 0.6) is 0 Å². The molecular formula is C11H11FN4OS. The van der Waals surface area contributed by atoms with Crippen molar-refractivity contribution >= 4 is 23.6 Å². The first-order valence-corrected chi connectivity index (χ1v) is 6.29. The van der Waals surface area contributed by atoms with Gasteiger partial charge in [0.05, 0.1) is 0 Å². The van der Waals surface area contributed by atoms with Crippen molar-refractivity contribution in [3.8, 4) is 0 Å². The number of carbonyl (C=O) groups is 1. The van der Waals surface area contributed by atoms with Crippen LogP contribution < -0.4 is 5.32 Å². The fraction of sp³-hybridized carbons (Fsp3) is 0.182. The number of hydrogen-bond donors (Lipinski definition) is 2. The summed E-state index contributed by atoms with van der Waals surface area (Å²) in [6.45, 7) is 1.98. The molecule has 0 saturated heterocycles. The summed E-state index contributed by atoms with van der Waals surface area (Å²) in [4.78, 5) is 15.8. The molecule has 0 fully saturated rings. The average molecular weight is 266 g/mol. The fourth-order valence-corrected chi connectivity index (χ4v) is 1.83. The van der Waals surface area contributed by atoms with Crippen LogP contribution in [0.3, 0.4) is 0 Å². The molecular weight excluding hydrogens is 255 g/mol. The number of amides is 1. The molecule has 2 rings (SSSR count). The lowest BCUT2D eigenvalue weighted by Crippen LogP contribution is -2.13. The third-order valence-corrected chi connectivity index (χ3v) is 2.79. The molecule has 18 heavy (non-hydrogen) atoms. The highest BCUT2D eigenvalue weighted by Crippen LogP contribution is 2.13. The molecule has 0 saturated carbocycles. The Morgan fingerprint density at radius 2 is 2.39 bits per heavy atom. The van der Waals surface area contributed by atoms with Crippen LogP contribution in [0.2, 0.25) is 0 Å². The third kappa shape index (κ3) is 3.07. The molecule has 0 aliphatic carbocycles. The zero-order valence-electron chi connectivity index (χ0n) is 9.61. The Hall–Kier alpha value is -1.89. The van der Waals surface area contributed by atoms with E-state index in [0.29, 0.717) is 5.16 Å². The van der Waals surface area contributed by atoms with Crippen molar-refractivity contribution in [2.75, 3.05) is 11.1 Å². The van der Waals surface area contributed by atoms with Crippen molar-refractivity contribution in [3.05, 3.63) is 35.6 Å². The van der Waals surface area contributed by atoms with Gasteiger partial charge in [-0.05, 0) is 24.0 Å². The van der Waals surface area contributed by atoms with E-state index in [-0.39, 0.29) is 11.5 Å². The summed E-state index contributed by atoms with van der Waals surface area (Å²) in [7, 11) is 0. The van der Waals surface area contributed by atoms with E-state index < -0.39 is 11.7 Å². The minimum absolute atomic E-state index is 0.232. The molecule has 1 heterocycles. The van der Waals surface area contributed by atoms with Gasteiger partial charge in [0.25, 0.3) is 5.91 Å². The number of nitrogens with one attached hydrogen (secondary N) is 2.